The highest BCUT2D eigenvalue weighted by molar-refractivity contribution is 5.58. The summed E-state index contributed by atoms with van der Waals surface area (Å²) in [6, 6.07) is 5.04. The molecule has 1 aromatic rings. The maximum atomic E-state index is 10.9. The zero-order valence-electron chi connectivity index (χ0n) is 11.4. The third kappa shape index (κ3) is 3.82. The van der Waals surface area contributed by atoms with Crippen LogP contribution in [0.25, 0.3) is 0 Å². The number of ether oxygens (including phenoxy) is 2. The highest BCUT2D eigenvalue weighted by Crippen LogP contribution is 2.30. The van der Waals surface area contributed by atoms with Gasteiger partial charge in [0.2, 0.25) is 0 Å². The van der Waals surface area contributed by atoms with E-state index in [1.807, 2.05) is 0 Å². The number of hydrogen-bond acceptors (Lipinski definition) is 6. The molecule has 0 aliphatic carbocycles. The van der Waals surface area contributed by atoms with Crippen molar-refractivity contribution in [2.75, 3.05) is 38.2 Å². The first-order valence-corrected chi connectivity index (χ1v) is 6.67. The molecule has 0 amide bonds. The molecular formula is C13H19N3O4. The molecule has 1 unspecified atom stereocenters. The van der Waals surface area contributed by atoms with E-state index in [2.05, 4.69) is 10.6 Å². The molecule has 1 saturated heterocycles. The van der Waals surface area contributed by atoms with Crippen LogP contribution in [0.2, 0.25) is 0 Å². The summed E-state index contributed by atoms with van der Waals surface area (Å²) in [5.41, 5.74) is 0.781. The smallest absolute Gasteiger partial charge is 0.311 e. The van der Waals surface area contributed by atoms with Gasteiger partial charge in [-0.1, -0.05) is 0 Å². The van der Waals surface area contributed by atoms with E-state index in [-0.39, 0.29) is 17.5 Å². The van der Waals surface area contributed by atoms with Gasteiger partial charge in [0.15, 0.2) is 5.75 Å². The number of anilines is 1. The van der Waals surface area contributed by atoms with Gasteiger partial charge in [-0.15, -0.1) is 0 Å². The number of rotatable bonds is 6. The van der Waals surface area contributed by atoms with E-state index in [4.69, 9.17) is 9.47 Å². The molecule has 0 saturated carbocycles. The predicted octanol–water partition coefficient (Wildman–Crippen LogP) is 1.39. The van der Waals surface area contributed by atoms with E-state index in [0.29, 0.717) is 19.8 Å². The first-order chi connectivity index (χ1) is 9.70. The van der Waals surface area contributed by atoms with Gasteiger partial charge in [-0.25, -0.2) is 0 Å². The van der Waals surface area contributed by atoms with Gasteiger partial charge in [-0.2, -0.15) is 0 Å². The minimum atomic E-state index is -0.439. The van der Waals surface area contributed by atoms with E-state index in [9.17, 15) is 10.1 Å². The van der Waals surface area contributed by atoms with E-state index in [1.165, 1.54) is 6.07 Å². The minimum Gasteiger partial charge on any atom is -0.487 e. The Kier molecular flexibility index (Phi) is 5.14. The number of nitro groups is 1. The topological polar surface area (TPSA) is 85.7 Å². The van der Waals surface area contributed by atoms with Crippen molar-refractivity contribution in [3.63, 3.8) is 0 Å². The van der Waals surface area contributed by atoms with Crippen LogP contribution in [-0.2, 0) is 4.74 Å². The van der Waals surface area contributed by atoms with Crippen LogP contribution < -0.4 is 15.4 Å². The molecule has 1 heterocycles. The van der Waals surface area contributed by atoms with Crippen molar-refractivity contribution in [3.05, 3.63) is 28.3 Å². The van der Waals surface area contributed by atoms with E-state index < -0.39 is 4.92 Å². The van der Waals surface area contributed by atoms with E-state index in [1.54, 1.807) is 19.1 Å². The fourth-order valence-corrected chi connectivity index (χ4v) is 2.04. The normalized spacial score (nSPS) is 18.6. The Morgan fingerprint density at radius 3 is 3.10 bits per heavy atom. The molecule has 1 aliphatic heterocycles. The molecule has 7 nitrogen and oxygen atoms in total. The summed E-state index contributed by atoms with van der Waals surface area (Å²) in [5, 5.41) is 17.5. The van der Waals surface area contributed by atoms with Gasteiger partial charge in [0, 0.05) is 37.0 Å². The molecule has 0 bridgehead atoms. The Balaban J connectivity index is 2.00. The second kappa shape index (κ2) is 7.06. The molecule has 0 spiro atoms. The zero-order valence-corrected chi connectivity index (χ0v) is 11.4. The van der Waals surface area contributed by atoms with Gasteiger partial charge in [0.1, 0.15) is 0 Å². The Bertz CT molecular complexity index is 461. The Morgan fingerprint density at radius 1 is 1.60 bits per heavy atom. The van der Waals surface area contributed by atoms with Crippen molar-refractivity contribution in [1.29, 1.82) is 0 Å². The largest absolute Gasteiger partial charge is 0.487 e. The molecule has 0 aromatic heterocycles. The number of nitrogens with zero attached hydrogens (tertiary/aromatic N) is 1. The van der Waals surface area contributed by atoms with E-state index >= 15 is 0 Å². The predicted molar refractivity (Wildman–Crippen MR) is 75.4 cm³/mol. The second-order valence-electron chi connectivity index (χ2n) is 4.48. The highest BCUT2D eigenvalue weighted by atomic mass is 16.6. The van der Waals surface area contributed by atoms with Crippen molar-refractivity contribution in [3.8, 4) is 5.75 Å². The summed E-state index contributed by atoms with van der Waals surface area (Å²) >= 11 is 0. The quantitative estimate of drug-likeness (QED) is 0.605. The summed E-state index contributed by atoms with van der Waals surface area (Å²) in [6.45, 7) is 5.14. The molecule has 1 atom stereocenters. The van der Waals surface area contributed by atoms with Gasteiger partial charge in [0.05, 0.1) is 24.7 Å². The molecule has 2 rings (SSSR count). The fourth-order valence-electron chi connectivity index (χ4n) is 2.04. The van der Waals surface area contributed by atoms with Crippen LogP contribution in [0.4, 0.5) is 11.4 Å². The summed E-state index contributed by atoms with van der Waals surface area (Å²) in [5.74, 6) is 0.287. The molecule has 2 N–H and O–H groups in total. The number of nitrogens with one attached hydrogen (secondary N) is 2. The molecule has 110 valence electrons. The van der Waals surface area contributed by atoms with Crippen LogP contribution in [0, 0.1) is 10.1 Å². The van der Waals surface area contributed by atoms with Crippen molar-refractivity contribution < 1.29 is 14.4 Å². The summed E-state index contributed by atoms with van der Waals surface area (Å²) in [6.07, 6.45) is 0. The lowest BCUT2D eigenvalue weighted by molar-refractivity contribution is -0.385. The summed E-state index contributed by atoms with van der Waals surface area (Å²) in [4.78, 5) is 10.5. The third-order valence-corrected chi connectivity index (χ3v) is 3.01. The Morgan fingerprint density at radius 2 is 2.45 bits per heavy atom. The van der Waals surface area contributed by atoms with Crippen LogP contribution >= 0.6 is 0 Å². The molecule has 1 fully saturated rings. The van der Waals surface area contributed by atoms with Crippen molar-refractivity contribution in [2.45, 2.75) is 13.0 Å². The van der Waals surface area contributed by atoms with Crippen LogP contribution in [0.15, 0.2) is 18.2 Å². The fraction of sp³-hybridized carbons (Fsp3) is 0.538. The molecular weight excluding hydrogens is 262 g/mol. The molecule has 7 heteroatoms. The average molecular weight is 281 g/mol. The molecule has 1 aliphatic rings. The second-order valence-corrected chi connectivity index (χ2v) is 4.48. The molecule has 20 heavy (non-hydrogen) atoms. The van der Waals surface area contributed by atoms with Gasteiger partial charge < -0.3 is 20.1 Å². The molecule has 0 radical (unpaired) electrons. The monoisotopic (exact) mass is 281 g/mol. The van der Waals surface area contributed by atoms with Gasteiger partial charge >= 0.3 is 5.69 Å². The Hall–Kier alpha value is -1.86. The van der Waals surface area contributed by atoms with Crippen molar-refractivity contribution in [2.24, 2.45) is 0 Å². The number of hydrogen-bond donors (Lipinski definition) is 2. The van der Waals surface area contributed by atoms with Gasteiger partial charge in [0.25, 0.3) is 0 Å². The first kappa shape index (κ1) is 14.5. The number of nitro benzene ring substituents is 1. The average Bonchev–Trinajstić information content (AvgIpc) is 2.46. The SMILES string of the molecule is CCOc1cc(NCC2COCCN2)ccc1[N+](=O)[O-]. The van der Waals surface area contributed by atoms with Gasteiger partial charge in [-0.05, 0) is 13.0 Å². The van der Waals surface area contributed by atoms with Crippen LogP contribution in [0.5, 0.6) is 5.75 Å². The minimum absolute atomic E-state index is 0.0171. The lowest BCUT2D eigenvalue weighted by atomic mass is 10.2. The van der Waals surface area contributed by atoms with Crippen molar-refractivity contribution in [1.82, 2.24) is 5.32 Å². The van der Waals surface area contributed by atoms with Crippen LogP contribution in [0.3, 0.4) is 0 Å². The van der Waals surface area contributed by atoms with Gasteiger partial charge in [-0.3, -0.25) is 10.1 Å². The van der Waals surface area contributed by atoms with Crippen LogP contribution in [-0.4, -0.2) is 43.9 Å². The summed E-state index contributed by atoms with van der Waals surface area (Å²) < 4.78 is 10.7. The van der Waals surface area contributed by atoms with Crippen molar-refractivity contribution >= 4 is 11.4 Å². The highest BCUT2D eigenvalue weighted by Gasteiger charge is 2.16. The number of morpholine rings is 1. The lowest BCUT2D eigenvalue weighted by Gasteiger charge is -2.24. The lowest BCUT2D eigenvalue weighted by Crippen LogP contribution is -2.45. The molecule has 1 aromatic carbocycles. The summed E-state index contributed by atoms with van der Waals surface area (Å²) in [7, 11) is 0. The number of benzene rings is 1. The maximum Gasteiger partial charge on any atom is 0.311 e. The van der Waals surface area contributed by atoms with E-state index in [0.717, 1.165) is 18.8 Å². The van der Waals surface area contributed by atoms with Crippen LogP contribution in [0.1, 0.15) is 6.92 Å². The maximum absolute atomic E-state index is 10.9. The zero-order chi connectivity index (χ0) is 14.4. The first-order valence-electron chi connectivity index (χ1n) is 6.67. The standard InChI is InChI=1S/C13H19N3O4/c1-2-20-13-7-10(3-4-12(13)16(17)18)15-8-11-9-19-6-5-14-11/h3-4,7,11,14-15H,2,5-6,8-9H2,1H3. The Labute approximate surface area is 117 Å². The third-order valence-electron chi connectivity index (χ3n) is 3.01.